The van der Waals surface area contributed by atoms with Gasteiger partial charge in [-0.25, -0.2) is 0 Å². The first-order chi connectivity index (χ1) is 38.5. The summed E-state index contributed by atoms with van der Waals surface area (Å²) in [5, 5.41) is 23.2. The average molecular weight is 1100 g/mol. The van der Waals surface area contributed by atoms with Gasteiger partial charge in [0.2, 0.25) is 5.91 Å². The lowest BCUT2D eigenvalue weighted by molar-refractivity contribution is -0.143. The fourth-order valence-electron chi connectivity index (χ4n) is 11.0. The van der Waals surface area contributed by atoms with Crippen molar-refractivity contribution in [3.05, 3.63) is 36.5 Å². The van der Waals surface area contributed by atoms with Crippen LogP contribution in [0.15, 0.2) is 36.5 Å². The minimum atomic E-state index is -0.846. The number of unbranched alkanes of at least 4 members (excludes halogenated alkanes) is 51. The molecule has 0 saturated carbocycles. The third kappa shape index (κ3) is 63.3. The van der Waals surface area contributed by atoms with E-state index < -0.39 is 12.1 Å². The molecule has 0 spiro atoms. The molecule has 1 amide bonds. The predicted molar refractivity (Wildman–Crippen MR) is 343 cm³/mol. The first-order valence-electron chi connectivity index (χ1n) is 35.3. The molecule has 6 heteroatoms. The van der Waals surface area contributed by atoms with Crippen molar-refractivity contribution in [1.82, 2.24) is 5.32 Å². The second kappa shape index (κ2) is 67.6. The Bertz CT molecular complexity index is 1260. The van der Waals surface area contributed by atoms with Crippen molar-refractivity contribution in [2.24, 2.45) is 0 Å². The summed E-state index contributed by atoms with van der Waals surface area (Å²) >= 11 is 0. The van der Waals surface area contributed by atoms with Crippen molar-refractivity contribution in [3.8, 4) is 0 Å². The topological polar surface area (TPSA) is 95.9 Å². The van der Waals surface area contributed by atoms with Crippen LogP contribution in [-0.2, 0) is 14.3 Å². The van der Waals surface area contributed by atoms with Crippen molar-refractivity contribution in [2.75, 3.05) is 13.2 Å². The van der Waals surface area contributed by atoms with Gasteiger partial charge in [0.15, 0.2) is 0 Å². The fraction of sp³-hybridized carbons (Fsp3) is 0.889. The molecule has 0 aromatic rings. The third-order valence-corrected chi connectivity index (χ3v) is 16.4. The van der Waals surface area contributed by atoms with Crippen LogP contribution in [0.25, 0.3) is 0 Å². The van der Waals surface area contributed by atoms with E-state index in [0.717, 1.165) is 51.4 Å². The summed E-state index contributed by atoms with van der Waals surface area (Å²) in [5.74, 6) is -0.0552. The number of carbonyl (C=O) groups excluding carboxylic acids is 2. The number of aliphatic hydroxyl groups excluding tert-OH is 2. The number of rotatable bonds is 66. The largest absolute Gasteiger partial charge is 0.466 e. The van der Waals surface area contributed by atoms with Gasteiger partial charge < -0.3 is 20.3 Å². The Hall–Kier alpha value is -1.92. The highest BCUT2D eigenvalue weighted by atomic mass is 16.5. The van der Waals surface area contributed by atoms with Gasteiger partial charge in [-0.1, -0.05) is 346 Å². The summed E-state index contributed by atoms with van der Waals surface area (Å²) in [6.45, 7) is 4.91. The fourth-order valence-corrected chi connectivity index (χ4v) is 11.0. The number of aliphatic hydroxyl groups is 2. The highest BCUT2D eigenvalue weighted by Crippen LogP contribution is 2.19. The molecule has 0 aliphatic carbocycles. The van der Waals surface area contributed by atoms with Crippen LogP contribution in [0.5, 0.6) is 0 Å². The Kier molecular flexibility index (Phi) is 65.9. The second-order valence-corrected chi connectivity index (χ2v) is 24.2. The molecule has 460 valence electrons. The van der Waals surface area contributed by atoms with Gasteiger partial charge in [-0.2, -0.15) is 0 Å². The molecular formula is C72H137NO5. The minimum absolute atomic E-state index is 0.00955. The summed E-state index contributed by atoms with van der Waals surface area (Å²) < 4.78 is 5.51. The maximum absolute atomic E-state index is 12.5. The molecule has 0 saturated heterocycles. The lowest BCUT2D eigenvalue weighted by atomic mass is 10.0. The highest BCUT2D eigenvalue weighted by Gasteiger charge is 2.18. The van der Waals surface area contributed by atoms with Crippen LogP contribution in [0.2, 0.25) is 0 Å². The third-order valence-electron chi connectivity index (χ3n) is 16.4. The number of carbonyl (C=O) groups is 2. The van der Waals surface area contributed by atoms with Gasteiger partial charge in [-0.15, -0.1) is 0 Å². The summed E-state index contributed by atoms with van der Waals surface area (Å²) in [4.78, 5) is 24.6. The van der Waals surface area contributed by atoms with Gasteiger partial charge in [0, 0.05) is 12.8 Å². The lowest BCUT2D eigenvalue weighted by Crippen LogP contribution is -2.45. The lowest BCUT2D eigenvalue weighted by Gasteiger charge is -2.20. The first-order valence-corrected chi connectivity index (χ1v) is 35.3. The van der Waals surface area contributed by atoms with E-state index in [-0.39, 0.29) is 18.5 Å². The normalized spacial score (nSPS) is 12.7. The van der Waals surface area contributed by atoms with E-state index in [0.29, 0.717) is 19.4 Å². The molecule has 6 nitrogen and oxygen atoms in total. The van der Waals surface area contributed by atoms with Gasteiger partial charge >= 0.3 is 5.97 Å². The molecule has 0 heterocycles. The number of nitrogens with one attached hydrogen (secondary N) is 1. The molecule has 2 unspecified atom stereocenters. The van der Waals surface area contributed by atoms with Crippen molar-refractivity contribution < 1.29 is 24.5 Å². The summed E-state index contributed by atoms with van der Waals surface area (Å²) in [7, 11) is 0. The molecule has 0 aliphatic rings. The zero-order valence-corrected chi connectivity index (χ0v) is 52.7. The summed E-state index contributed by atoms with van der Waals surface area (Å²) in [5.41, 5.74) is 0. The average Bonchev–Trinajstić information content (AvgIpc) is 3.44. The van der Waals surface area contributed by atoms with Crippen LogP contribution >= 0.6 is 0 Å². The van der Waals surface area contributed by atoms with Gasteiger partial charge in [0.1, 0.15) is 0 Å². The van der Waals surface area contributed by atoms with Gasteiger partial charge in [-0.05, 0) is 64.2 Å². The van der Waals surface area contributed by atoms with Crippen LogP contribution in [0.4, 0.5) is 0 Å². The molecule has 0 fully saturated rings. The van der Waals surface area contributed by atoms with Gasteiger partial charge in [0.25, 0.3) is 0 Å². The van der Waals surface area contributed by atoms with Crippen LogP contribution in [-0.4, -0.2) is 47.4 Å². The number of ether oxygens (including phenoxy) is 1. The molecule has 78 heavy (non-hydrogen) atoms. The smallest absolute Gasteiger partial charge is 0.305 e. The molecule has 0 aliphatic heterocycles. The Morgan fingerprint density at radius 2 is 0.641 bits per heavy atom. The van der Waals surface area contributed by atoms with Crippen LogP contribution in [0.3, 0.4) is 0 Å². The van der Waals surface area contributed by atoms with Gasteiger partial charge in [0.05, 0.1) is 25.4 Å². The van der Waals surface area contributed by atoms with Crippen LogP contribution in [0, 0.1) is 0 Å². The summed E-state index contributed by atoms with van der Waals surface area (Å²) in [6.07, 6.45) is 86.4. The maximum Gasteiger partial charge on any atom is 0.305 e. The minimum Gasteiger partial charge on any atom is -0.466 e. The maximum atomic E-state index is 12.5. The van der Waals surface area contributed by atoms with Crippen molar-refractivity contribution in [1.29, 1.82) is 0 Å². The number of hydrogen-bond acceptors (Lipinski definition) is 5. The van der Waals surface area contributed by atoms with Crippen molar-refractivity contribution in [2.45, 2.75) is 398 Å². The Labute approximate surface area is 487 Å². The number of esters is 1. The molecule has 0 radical (unpaired) electrons. The number of allylic oxidation sites excluding steroid dienone is 5. The SMILES string of the molecule is CCCCC/C=C\C/C=C\CCCCCCCCCCCC(=O)OCCCCCCCCCCCCCCCCCCCCCCCCC(=O)NC(CO)C(O)/C=C/CCCCCCCCCCCCCCCCCCCC. The number of amides is 1. The predicted octanol–water partition coefficient (Wildman–Crippen LogP) is 22.7. The molecule has 0 rings (SSSR count). The van der Waals surface area contributed by atoms with E-state index in [1.54, 1.807) is 6.08 Å². The van der Waals surface area contributed by atoms with Crippen molar-refractivity contribution in [3.63, 3.8) is 0 Å². The van der Waals surface area contributed by atoms with E-state index in [4.69, 9.17) is 4.74 Å². The second-order valence-electron chi connectivity index (χ2n) is 24.2. The summed E-state index contributed by atoms with van der Waals surface area (Å²) in [6, 6.07) is -0.629. The molecular weight excluding hydrogens is 959 g/mol. The zero-order valence-electron chi connectivity index (χ0n) is 52.7. The standard InChI is InChI=1S/C72H137NO5/c1-3-5-7-9-11-13-15-17-19-21-23-29-32-36-40-44-48-52-56-60-64-70(75)69(68-74)73-71(76)65-61-57-53-49-45-41-37-33-30-26-24-25-27-31-35-39-43-47-51-55-59-63-67-78-72(77)66-62-58-54-50-46-42-38-34-28-22-20-18-16-14-12-10-8-6-4-2/h12,14,18,20,60,64,69-70,74-75H,3-11,13,15-17,19,21-59,61-63,65-68H2,1-2H3,(H,73,76)/b14-12-,20-18-,64-60+. The highest BCUT2D eigenvalue weighted by molar-refractivity contribution is 5.76. The molecule has 0 aromatic heterocycles. The van der Waals surface area contributed by atoms with E-state index in [2.05, 4.69) is 43.5 Å². The molecule has 2 atom stereocenters. The van der Waals surface area contributed by atoms with Crippen LogP contribution < -0.4 is 5.32 Å². The molecule has 3 N–H and O–H groups in total. The first kappa shape index (κ1) is 76.1. The molecule has 0 bridgehead atoms. The van der Waals surface area contributed by atoms with E-state index >= 15 is 0 Å². The zero-order chi connectivity index (χ0) is 56.4. The van der Waals surface area contributed by atoms with E-state index in [9.17, 15) is 19.8 Å². The van der Waals surface area contributed by atoms with E-state index in [1.807, 2.05) is 6.08 Å². The Morgan fingerprint density at radius 3 is 1.00 bits per heavy atom. The number of hydrogen-bond donors (Lipinski definition) is 3. The van der Waals surface area contributed by atoms with E-state index in [1.165, 1.54) is 308 Å². The Morgan fingerprint density at radius 1 is 0.359 bits per heavy atom. The van der Waals surface area contributed by atoms with Crippen LogP contribution in [0.1, 0.15) is 386 Å². The Balaban J connectivity index is 3.40. The van der Waals surface area contributed by atoms with Gasteiger partial charge in [-0.3, -0.25) is 9.59 Å². The quantitative estimate of drug-likeness (QED) is 0.0320. The van der Waals surface area contributed by atoms with Crippen molar-refractivity contribution >= 4 is 11.9 Å². The monoisotopic (exact) mass is 1100 g/mol. The molecule has 0 aromatic carbocycles.